The molecule has 0 radical (unpaired) electrons. The van der Waals surface area contributed by atoms with Crippen molar-refractivity contribution in [2.45, 2.75) is 33.3 Å². The van der Waals surface area contributed by atoms with Crippen LogP contribution in [0.5, 0.6) is 0 Å². The lowest BCUT2D eigenvalue weighted by Gasteiger charge is -2.03. The topological polar surface area (TPSA) is 33.1 Å². The van der Waals surface area contributed by atoms with E-state index in [0.29, 0.717) is 0 Å². The number of aryl methyl sites for hydroxylation is 2. The van der Waals surface area contributed by atoms with Gasteiger partial charge in [0.25, 0.3) is 0 Å². The van der Waals surface area contributed by atoms with Gasteiger partial charge in [0.1, 0.15) is 0 Å². The van der Waals surface area contributed by atoms with Crippen LogP contribution in [0.3, 0.4) is 0 Å². The second-order valence-corrected chi connectivity index (χ2v) is 5.57. The molecule has 90 valence electrons. The van der Waals surface area contributed by atoms with E-state index in [4.69, 9.17) is 0 Å². The van der Waals surface area contributed by atoms with Crippen LogP contribution in [0.2, 0.25) is 0 Å². The molecule has 2 aromatic rings. The average Bonchev–Trinajstić information content (AvgIpc) is 2.72. The van der Waals surface area contributed by atoms with Crippen LogP contribution in [0.4, 0.5) is 0 Å². The summed E-state index contributed by atoms with van der Waals surface area (Å²) in [6, 6.07) is 6.50. The van der Waals surface area contributed by atoms with Gasteiger partial charge in [-0.05, 0) is 37.5 Å². The highest BCUT2D eigenvalue weighted by atomic mass is 32.1. The molecule has 1 aromatic carbocycles. The Labute approximate surface area is 106 Å². The molecule has 0 saturated heterocycles. The summed E-state index contributed by atoms with van der Waals surface area (Å²) >= 11 is 1.58. The zero-order valence-corrected chi connectivity index (χ0v) is 11.2. The number of aliphatic hydroxyl groups excluding tert-OH is 1. The molecule has 0 spiro atoms. The zero-order valence-electron chi connectivity index (χ0n) is 10.4. The Morgan fingerprint density at radius 2 is 2.06 bits per heavy atom. The fraction of sp³-hybridized carbons (Fsp3) is 0.357. The summed E-state index contributed by atoms with van der Waals surface area (Å²) in [5.41, 5.74) is 3.91. The van der Waals surface area contributed by atoms with Gasteiger partial charge in [0.2, 0.25) is 0 Å². The fourth-order valence-electron chi connectivity index (χ4n) is 1.69. The standard InChI is InChI=1S/C14H17NOS/c1-9-4-5-12(6-10(9)2)7-14-15-8-13(17-14)11(3)16/h4-6,8,11,16H,7H2,1-3H3. The normalized spacial score (nSPS) is 12.7. The Hall–Kier alpha value is -1.19. The summed E-state index contributed by atoms with van der Waals surface area (Å²) in [4.78, 5) is 5.28. The molecular formula is C14H17NOS. The van der Waals surface area contributed by atoms with E-state index >= 15 is 0 Å². The third-order valence-electron chi connectivity index (χ3n) is 2.91. The first-order chi connectivity index (χ1) is 8.06. The maximum Gasteiger partial charge on any atom is 0.0972 e. The third-order valence-corrected chi connectivity index (χ3v) is 4.08. The maximum atomic E-state index is 9.45. The lowest BCUT2D eigenvalue weighted by Crippen LogP contribution is -1.89. The van der Waals surface area contributed by atoms with Crippen molar-refractivity contribution in [1.82, 2.24) is 4.98 Å². The largest absolute Gasteiger partial charge is 0.388 e. The zero-order chi connectivity index (χ0) is 12.4. The Kier molecular flexibility index (Phi) is 3.60. The van der Waals surface area contributed by atoms with Gasteiger partial charge in [-0.1, -0.05) is 18.2 Å². The van der Waals surface area contributed by atoms with Crippen LogP contribution in [-0.4, -0.2) is 10.1 Å². The Morgan fingerprint density at radius 1 is 1.29 bits per heavy atom. The summed E-state index contributed by atoms with van der Waals surface area (Å²) in [5, 5.41) is 10.5. The number of nitrogens with zero attached hydrogens (tertiary/aromatic N) is 1. The monoisotopic (exact) mass is 247 g/mol. The van der Waals surface area contributed by atoms with Crippen molar-refractivity contribution in [1.29, 1.82) is 0 Å². The molecule has 1 aromatic heterocycles. The predicted molar refractivity (Wildman–Crippen MR) is 71.5 cm³/mol. The van der Waals surface area contributed by atoms with Gasteiger partial charge < -0.3 is 5.11 Å². The molecule has 1 heterocycles. The summed E-state index contributed by atoms with van der Waals surface area (Å²) in [5.74, 6) is 0. The summed E-state index contributed by atoms with van der Waals surface area (Å²) in [6.07, 6.45) is 2.20. The van der Waals surface area contributed by atoms with Gasteiger partial charge in [-0.2, -0.15) is 0 Å². The van der Waals surface area contributed by atoms with Crippen molar-refractivity contribution in [3.63, 3.8) is 0 Å². The summed E-state index contributed by atoms with van der Waals surface area (Å²) < 4.78 is 0. The fourth-order valence-corrected chi connectivity index (χ4v) is 2.58. The minimum Gasteiger partial charge on any atom is -0.388 e. The van der Waals surface area contributed by atoms with E-state index in [1.165, 1.54) is 16.7 Å². The quantitative estimate of drug-likeness (QED) is 0.901. The number of thiazole rings is 1. The van der Waals surface area contributed by atoms with E-state index in [9.17, 15) is 5.11 Å². The van der Waals surface area contributed by atoms with Crippen LogP contribution in [-0.2, 0) is 6.42 Å². The molecule has 0 amide bonds. The minimum atomic E-state index is -0.416. The van der Waals surface area contributed by atoms with Crippen molar-refractivity contribution in [2.75, 3.05) is 0 Å². The van der Waals surface area contributed by atoms with E-state index in [0.717, 1.165) is 16.3 Å². The highest BCUT2D eigenvalue weighted by Gasteiger charge is 2.07. The number of aromatic nitrogens is 1. The number of aliphatic hydroxyl groups is 1. The number of rotatable bonds is 3. The van der Waals surface area contributed by atoms with Crippen LogP contribution in [0.15, 0.2) is 24.4 Å². The van der Waals surface area contributed by atoms with Crippen LogP contribution < -0.4 is 0 Å². The second kappa shape index (κ2) is 4.98. The molecule has 0 fully saturated rings. The molecule has 2 rings (SSSR count). The lowest BCUT2D eigenvalue weighted by atomic mass is 10.0. The van der Waals surface area contributed by atoms with Crippen molar-refractivity contribution >= 4 is 11.3 Å². The van der Waals surface area contributed by atoms with Gasteiger partial charge >= 0.3 is 0 Å². The van der Waals surface area contributed by atoms with Crippen LogP contribution >= 0.6 is 11.3 Å². The van der Waals surface area contributed by atoms with E-state index in [-0.39, 0.29) is 0 Å². The number of hydrogen-bond donors (Lipinski definition) is 1. The van der Waals surface area contributed by atoms with Gasteiger partial charge in [0, 0.05) is 12.6 Å². The molecule has 0 aliphatic heterocycles. The van der Waals surface area contributed by atoms with Gasteiger partial charge in [-0.3, -0.25) is 0 Å². The van der Waals surface area contributed by atoms with E-state index < -0.39 is 6.10 Å². The molecule has 1 atom stereocenters. The van der Waals surface area contributed by atoms with Crippen molar-refractivity contribution in [3.05, 3.63) is 51.0 Å². The summed E-state index contributed by atoms with van der Waals surface area (Å²) in [7, 11) is 0. The molecule has 0 bridgehead atoms. The van der Waals surface area contributed by atoms with Crippen molar-refractivity contribution in [3.8, 4) is 0 Å². The molecule has 2 nitrogen and oxygen atoms in total. The Balaban J connectivity index is 2.16. The van der Waals surface area contributed by atoms with E-state index in [1.807, 2.05) is 0 Å². The maximum absolute atomic E-state index is 9.45. The minimum absolute atomic E-state index is 0.416. The van der Waals surface area contributed by atoms with Gasteiger partial charge in [-0.25, -0.2) is 4.98 Å². The second-order valence-electron chi connectivity index (χ2n) is 4.43. The smallest absolute Gasteiger partial charge is 0.0972 e. The van der Waals surface area contributed by atoms with Gasteiger partial charge in [0.15, 0.2) is 0 Å². The lowest BCUT2D eigenvalue weighted by molar-refractivity contribution is 0.203. The van der Waals surface area contributed by atoms with Crippen LogP contribution in [0, 0.1) is 13.8 Å². The van der Waals surface area contributed by atoms with E-state index in [2.05, 4.69) is 37.0 Å². The Morgan fingerprint density at radius 3 is 2.65 bits per heavy atom. The van der Waals surface area contributed by atoms with E-state index in [1.54, 1.807) is 24.5 Å². The highest BCUT2D eigenvalue weighted by molar-refractivity contribution is 7.11. The molecular weight excluding hydrogens is 230 g/mol. The molecule has 0 aliphatic rings. The molecule has 1 N–H and O–H groups in total. The number of benzene rings is 1. The molecule has 17 heavy (non-hydrogen) atoms. The molecule has 0 saturated carbocycles. The van der Waals surface area contributed by atoms with Gasteiger partial charge in [-0.15, -0.1) is 11.3 Å². The SMILES string of the molecule is Cc1ccc(Cc2ncc(C(C)O)s2)cc1C. The van der Waals surface area contributed by atoms with Gasteiger partial charge in [0.05, 0.1) is 16.0 Å². The average molecular weight is 247 g/mol. The first kappa shape index (κ1) is 12.3. The van der Waals surface area contributed by atoms with Crippen molar-refractivity contribution < 1.29 is 5.11 Å². The Bertz CT molecular complexity index is 517. The summed E-state index contributed by atoms with van der Waals surface area (Å²) in [6.45, 7) is 6.02. The molecule has 0 aliphatic carbocycles. The number of hydrogen-bond acceptors (Lipinski definition) is 3. The van der Waals surface area contributed by atoms with Crippen LogP contribution in [0.25, 0.3) is 0 Å². The highest BCUT2D eigenvalue weighted by Crippen LogP contribution is 2.22. The molecule has 1 unspecified atom stereocenters. The first-order valence-corrected chi connectivity index (χ1v) is 6.56. The first-order valence-electron chi connectivity index (χ1n) is 5.75. The predicted octanol–water partition coefficient (Wildman–Crippen LogP) is 3.40. The third kappa shape index (κ3) is 2.93. The van der Waals surface area contributed by atoms with Crippen molar-refractivity contribution in [2.24, 2.45) is 0 Å². The molecule has 3 heteroatoms. The van der Waals surface area contributed by atoms with Crippen LogP contribution in [0.1, 0.15) is 39.6 Å².